The van der Waals surface area contributed by atoms with Gasteiger partial charge in [0.25, 0.3) is 0 Å². The third kappa shape index (κ3) is 3.53. The van der Waals surface area contributed by atoms with Gasteiger partial charge in [-0.1, -0.05) is 30.7 Å². The van der Waals surface area contributed by atoms with Gasteiger partial charge in [0, 0.05) is 10.7 Å². The second-order valence-corrected chi connectivity index (χ2v) is 6.03. The molecule has 20 heavy (non-hydrogen) atoms. The Kier molecular flexibility index (Phi) is 5.06. The van der Waals surface area contributed by atoms with Crippen molar-refractivity contribution in [1.29, 1.82) is 0 Å². The van der Waals surface area contributed by atoms with E-state index in [-0.39, 0.29) is 11.9 Å². The van der Waals surface area contributed by atoms with Crippen molar-refractivity contribution in [2.75, 3.05) is 5.32 Å². The molecule has 0 amide bonds. The summed E-state index contributed by atoms with van der Waals surface area (Å²) in [7, 11) is 0. The summed E-state index contributed by atoms with van der Waals surface area (Å²) in [6.45, 7) is 4.04. The summed E-state index contributed by atoms with van der Waals surface area (Å²) >= 11 is 9.23. The van der Waals surface area contributed by atoms with Gasteiger partial charge in [0.15, 0.2) is 0 Å². The molecule has 0 aliphatic carbocycles. The van der Waals surface area contributed by atoms with Crippen molar-refractivity contribution >= 4 is 33.2 Å². The molecule has 0 saturated carbocycles. The minimum absolute atomic E-state index is 0.105. The van der Waals surface area contributed by atoms with Gasteiger partial charge in [-0.3, -0.25) is 0 Å². The molecule has 1 atom stereocenters. The molecule has 2 aromatic rings. The van der Waals surface area contributed by atoms with Crippen LogP contribution in [0.25, 0.3) is 0 Å². The number of hydrogen-bond donors (Lipinski definition) is 1. The van der Waals surface area contributed by atoms with Crippen LogP contribution in [0, 0.1) is 12.7 Å². The highest BCUT2D eigenvalue weighted by Crippen LogP contribution is 2.29. The Bertz CT molecular complexity index is 615. The van der Waals surface area contributed by atoms with E-state index >= 15 is 0 Å². The number of benzene rings is 2. The van der Waals surface area contributed by atoms with Crippen LogP contribution in [0.5, 0.6) is 0 Å². The minimum atomic E-state index is -0.265. The van der Waals surface area contributed by atoms with Crippen molar-refractivity contribution in [2.45, 2.75) is 26.3 Å². The zero-order valence-electron chi connectivity index (χ0n) is 11.4. The number of nitrogens with one attached hydrogen (secondary N) is 1. The summed E-state index contributed by atoms with van der Waals surface area (Å²) in [5, 5.41) is 4.10. The molecule has 4 heteroatoms. The van der Waals surface area contributed by atoms with Crippen LogP contribution >= 0.6 is 27.5 Å². The molecule has 0 radical (unpaired) electrons. The fourth-order valence-corrected chi connectivity index (χ4v) is 2.79. The summed E-state index contributed by atoms with van der Waals surface area (Å²) in [6.07, 6.45) is 0.886. The average molecular weight is 357 g/mol. The Morgan fingerprint density at radius 3 is 2.70 bits per heavy atom. The van der Waals surface area contributed by atoms with E-state index in [1.165, 1.54) is 6.07 Å². The predicted octanol–water partition coefficient (Wildman–Crippen LogP) is 6.11. The summed E-state index contributed by atoms with van der Waals surface area (Å²) in [5.41, 5.74) is 2.90. The maximum atomic E-state index is 13.7. The Balaban J connectivity index is 2.29. The second-order valence-electron chi connectivity index (χ2n) is 4.74. The lowest BCUT2D eigenvalue weighted by molar-refractivity contribution is 0.620. The summed E-state index contributed by atoms with van der Waals surface area (Å²) in [6, 6.07) is 11.1. The van der Waals surface area contributed by atoms with E-state index < -0.39 is 0 Å². The van der Waals surface area contributed by atoms with Crippen molar-refractivity contribution in [2.24, 2.45) is 0 Å². The first kappa shape index (κ1) is 15.3. The van der Waals surface area contributed by atoms with Crippen LogP contribution in [0.1, 0.15) is 30.5 Å². The van der Waals surface area contributed by atoms with E-state index in [4.69, 9.17) is 11.6 Å². The van der Waals surface area contributed by atoms with Gasteiger partial charge < -0.3 is 5.32 Å². The van der Waals surface area contributed by atoms with Gasteiger partial charge in [0.1, 0.15) is 5.82 Å². The van der Waals surface area contributed by atoms with Crippen LogP contribution in [0.2, 0.25) is 5.02 Å². The molecule has 0 heterocycles. The first-order valence-electron chi connectivity index (χ1n) is 6.49. The SMILES string of the molecule is CCC(Nc1cc(F)c(Br)cc1C)c1cccc(Cl)c1. The minimum Gasteiger partial charge on any atom is -0.378 e. The number of anilines is 1. The Hall–Kier alpha value is -1.06. The summed E-state index contributed by atoms with van der Waals surface area (Å²) in [4.78, 5) is 0. The lowest BCUT2D eigenvalue weighted by atomic mass is 10.0. The maximum Gasteiger partial charge on any atom is 0.139 e. The zero-order valence-corrected chi connectivity index (χ0v) is 13.7. The molecule has 0 saturated heterocycles. The first-order chi connectivity index (χ1) is 9.51. The molecule has 0 bridgehead atoms. The molecule has 0 aliphatic rings. The van der Waals surface area contributed by atoms with Crippen molar-refractivity contribution in [1.82, 2.24) is 0 Å². The van der Waals surface area contributed by atoms with Crippen LogP contribution in [0.3, 0.4) is 0 Å². The van der Waals surface area contributed by atoms with Crippen LogP contribution < -0.4 is 5.32 Å². The molecule has 0 spiro atoms. The molecule has 0 fully saturated rings. The molecule has 2 rings (SSSR count). The lowest BCUT2D eigenvalue weighted by Crippen LogP contribution is -2.11. The van der Waals surface area contributed by atoms with Crippen molar-refractivity contribution in [3.63, 3.8) is 0 Å². The Morgan fingerprint density at radius 1 is 1.30 bits per heavy atom. The molecule has 1 N–H and O–H groups in total. The van der Waals surface area contributed by atoms with E-state index in [1.807, 2.05) is 31.2 Å². The monoisotopic (exact) mass is 355 g/mol. The van der Waals surface area contributed by atoms with Gasteiger partial charge in [-0.25, -0.2) is 4.39 Å². The van der Waals surface area contributed by atoms with E-state index in [9.17, 15) is 4.39 Å². The molecule has 0 aromatic heterocycles. The van der Waals surface area contributed by atoms with E-state index in [1.54, 1.807) is 6.07 Å². The van der Waals surface area contributed by atoms with Gasteiger partial charge in [-0.05, 0) is 64.7 Å². The largest absolute Gasteiger partial charge is 0.378 e. The van der Waals surface area contributed by atoms with Crippen LogP contribution in [0.15, 0.2) is 40.9 Å². The number of halogens is 3. The Labute approximate surface area is 132 Å². The standard InChI is InChI=1S/C16H16BrClFN/c1-3-15(11-5-4-6-12(18)8-11)20-16-9-14(19)13(17)7-10(16)2/h4-9,15,20H,3H2,1-2H3. The fourth-order valence-electron chi connectivity index (χ4n) is 2.13. The third-order valence-corrected chi connectivity index (χ3v) is 4.10. The van der Waals surface area contributed by atoms with E-state index in [2.05, 4.69) is 28.2 Å². The van der Waals surface area contributed by atoms with Gasteiger partial charge in [0.05, 0.1) is 10.5 Å². The molecular formula is C16H16BrClFN. The quantitative estimate of drug-likeness (QED) is 0.696. The topological polar surface area (TPSA) is 12.0 Å². The smallest absolute Gasteiger partial charge is 0.139 e. The molecule has 2 aromatic carbocycles. The number of aryl methyl sites for hydroxylation is 1. The molecule has 106 valence electrons. The Morgan fingerprint density at radius 2 is 2.05 bits per heavy atom. The zero-order chi connectivity index (χ0) is 14.7. The van der Waals surface area contributed by atoms with Crippen molar-refractivity contribution < 1.29 is 4.39 Å². The van der Waals surface area contributed by atoms with Crippen molar-refractivity contribution in [3.8, 4) is 0 Å². The average Bonchev–Trinajstić information content (AvgIpc) is 2.41. The predicted molar refractivity (Wildman–Crippen MR) is 86.9 cm³/mol. The first-order valence-corrected chi connectivity index (χ1v) is 7.66. The van der Waals surface area contributed by atoms with Crippen molar-refractivity contribution in [3.05, 3.63) is 62.8 Å². The normalized spacial score (nSPS) is 12.2. The van der Waals surface area contributed by atoms with E-state index in [0.29, 0.717) is 9.50 Å². The molecule has 1 unspecified atom stereocenters. The van der Waals surface area contributed by atoms with Crippen LogP contribution in [0.4, 0.5) is 10.1 Å². The molecular weight excluding hydrogens is 341 g/mol. The van der Waals surface area contributed by atoms with Crippen LogP contribution in [-0.2, 0) is 0 Å². The van der Waals surface area contributed by atoms with E-state index in [0.717, 1.165) is 23.2 Å². The maximum absolute atomic E-state index is 13.7. The molecule has 1 nitrogen and oxygen atoms in total. The van der Waals surface area contributed by atoms with Crippen LogP contribution in [-0.4, -0.2) is 0 Å². The summed E-state index contributed by atoms with van der Waals surface area (Å²) < 4.78 is 14.2. The molecule has 0 aliphatic heterocycles. The highest BCUT2D eigenvalue weighted by atomic mass is 79.9. The van der Waals surface area contributed by atoms with Gasteiger partial charge >= 0.3 is 0 Å². The van der Waals surface area contributed by atoms with Gasteiger partial charge in [-0.2, -0.15) is 0 Å². The van der Waals surface area contributed by atoms with Gasteiger partial charge in [0.2, 0.25) is 0 Å². The summed E-state index contributed by atoms with van der Waals surface area (Å²) in [5.74, 6) is -0.265. The lowest BCUT2D eigenvalue weighted by Gasteiger charge is -2.21. The number of rotatable bonds is 4. The highest BCUT2D eigenvalue weighted by Gasteiger charge is 2.12. The third-order valence-electron chi connectivity index (χ3n) is 3.26. The highest BCUT2D eigenvalue weighted by molar-refractivity contribution is 9.10. The number of hydrogen-bond acceptors (Lipinski definition) is 1. The second kappa shape index (κ2) is 6.59. The fraction of sp³-hybridized carbons (Fsp3) is 0.250. The van der Waals surface area contributed by atoms with Gasteiger partial charge in [-0.15, -0.1) is 0 Å².